The van der Waals surface area contributed by atoms with Crippen molar-refractivity contribution in [3.05, 3.63) is 0 Å². The van der Waals surface area contributed by atoms with E-state index in [-0.39, 0.29) is 16.5 Å². The first-order chi connectivity index (χ1) is 1.41. The van der Waals surface area contributed by atoms with Crippen LogP contribution in [0.25, 0.3) is 0 Å². The summed E-state index contributed by atoms with van der Waals surface area (Å²) in [5, 5.41) is 0. The summed E-state index contributed by atoms with van der Waals surface area (Å²) in [6, 6.07) is 0. The summed E-state index contributed by atoms with van der Waals surface area (Å²) >= 11 is 1.01. The average Bonchev–Trinajstić information content (AvgIpc) is 0.918. The molecule has 0 unspecified atom stereocenters. The summed E-state index contributed by atoms with van der Waals surface area (Å²) in [6.07, 6.45) is 0. The molecular weight excluding hydrogens is 150 g/mol. The third-order valence-electron chi connectivity index (χ3n) is 0. The predicted octanol–water partition coefficient (Wildman–Crippen LogP) is -2.11. The van der Waals surface area contributed by atoms with E-state index in [0.717, 1.165) is 14.4 Å². The van der Waals surface area contributed by atoms with Gasteiger partial charge in [-0.1, -0.05) is 0 Å². The molecular formula is H5BCrNiSi. The van der Waals surface area contributed by atoms with Gasteiger partial charge in [-0.3, -0.25) is 0 Å². The molecule has 0 aromatic heterocycles. The molecule has 4 heteroatoms. The van der Waals surface area contributed by atoms with Crippen molar-refractivity contribution in [1.29, 1.82) is 0 Å². The van der Waals surface area contributed by atoms with Gasteiger partial charge < -0.3 is 0 Å². The SMILES string of the molecule is [BH2][Cr][SiH3].[Ni]. The van der Waals surface area contributed by atoms with Gasteiger partial charge in [0.25, 0.3) is 0 Å². The van der Waals surface area contributed by atoms with E-state index in [1.54, 1.807) is 0 Å². The Hall–Kier alpha value is 1.31. The van der Waals surface area contributed by atoms with Crippen LogP contribution in [0.2, 0.25) is 0 Å². The van der Waals surface area contributed by atoms with Crippen molar-refractivity contribution in [2.45, 2.75) is 0 Å². The molecule has 0 saturated heterocycles. The Morgan fingerprint density at radius 1 is 1.75 bits per heavy atom. The molecule has 0 saturated carbocycles. The molecule has 0 bridgehead atoms. The second-order valence-corrected chi connectivity index (χ2v) is 5.05. The van der Waals surface area contributed by atoms with E-state index in [0.29, 0.717) is 0 Å². The van der Waals surface area contributed by atoms with E-state index in [9.17, 15) is 0 Å². The van der Waals surface area contributed by atoms with Gasteiger partial charge in [0.05, 0.1) is 0 Å². The van der Waals surface area contributed by atoms with E-state index >= 15 is 0 Å². The van der Waals surface area contributed by atoms with Gasteiger partial charge in [-0.05, 0) is 0 Å². The topological polar surface area (TPSA) is 0 Å². The van der Waals surface area contributed by atoms with E-state index in [1.807, 2.05) is 0 Å². The zero-order chi connectivity index (χ0) is 2.71. The Balaban J connectivity index is 0. The molecule has 0 rings (SSSR count). The fraction of sp³-hybridized carbons (Fsp3) is 0. The maximum Gasteiger partial charge on any atom is 0 e. The Bertz CT molecular complexity index is 8.00. The first-order valence-electron chi connectivity index (χ1n) is 0.816. The number of hydrogen-bond donors (Lipinski definition) is 0. The second-order valence-electron chi connectivity index (χ2n) is 0.408. The van der Waals surface area contributed by atoms with Crippen LogP contribution in [0.15, 0.2) is 0 Å². The number of hydrogen-bond acceptors (Lipinski definition) is 0. The first kappa shape index (κ1) is 9.00. The largest absolute Gasteiger partial charge is 0 e. The van der Waals surface area contributed by atoms with Crippen molar-refractivity contribution in [1.82, 2.24) is 0 Å². The maximum absolute atomic E-state index is 2.25. The number of rotatable bonds is 0. The molecule has 0 amide bonds. The minimum atomic E-state index is 0. The Morgan fingerprint density at radius 2 is 1.75 bits per heavy atom. The van der Waals surface area contributed by atoms with Crippen molar-refractivity contribution in [3.63, 3.8) is 0 Å². The fourth-order valence-corrected chi connectivity index (χ4v) is 0. The molecule has 0 aromatic carbocycles. The van der Waals surface area contributed by atoms with Crippen LogP contribution in [0, 0.1) is 0 Å². The van der Waals surface area contributed by atoms with Crippen LogP contribution in [0.4, 0.5) is 0 Å². The summed E-state index contributed by atoms with van der Waals surface area (Å²) in [7, 11) is 1.43. The average molecular weight is 155 g/mol. The van der Waals surface area contributed by atoms with Gasteiger partial charge >= 0.3 is 29.8 Å². The van der Waals surface area contributed by atoms with Gasteiger partial charge in [0, 0.05) is 16.5 Å². The minimum Gasteiger partial charge on any atom is 0 e. The van der Waals surface area contributed by atoms with Crippen LogP contribution in [-0.2, 0) is 30.9 Å². The van der Waals surface area contributed by atoms with E-state index < -0.39 is 0 Å². The molecule has 0 aliphatic heterocycles. The quantitative estimate of drug-likeness (QED) is 0.351. The molecule has 0 fully saturated rings. The smallest absolute Gasteiger partial charge is 0 e. The summed E-state index contributed by atoms with van der Waals surface area (Å²) in [5.41, 5.74) is 0. The molecule has 0 nitrogen and oxygen atoms in total. The van der Waals surface area contributed by atoms with Crippen LogP contribution < -0.4 is 0 Å². The Labute approximate surface area is 46.5 Å². The zero-order valence-corrected chi connectivity index (χ0v) is 6.99. The minimum absolute atomic E-state index is 0. The van der Waals surface area contributed by atoms with Gasteiger partial charge in [0.1, 0.15) is 0 Å². The Morgan fingerprint density at radius 3 is 1.75 bits per heavy atom. The first-order valence-corrected chi connectivity index (χ1v) is 6.73. The summed E-state index contributed by atoms with van der Waals surface area (Å²) in [5.74, 6) is 0. The Kier molecular flexibility index (Phi) is 19.9. The maximum atomic E-state index is 2.25. The van der Waals surface area contributed by atoms with E-state index in [4.69, 9.17) is 0 Å². The van der Waals surface area contributed by atoms with Crippen molar-refractivity contribution >= 4 is 15.4 Å². The molecule has 0 heterocycles. The zero-order valence-electron chi connectivity index (χ0n) is 2.72. The van der Waals surface area contributed by atoms with Crippen LogP contribution >= 0.6 is 0 Å². The predicted molar refractivity (Wildman–Crippen MR) is 18.5 cm³/mol. The molecule has 28 valence electrons. The molecule has 0 N–H and O–H groups in total. The summed E-state index contributed by atoms with van der Waals surface area (Å²) in [4.78, 5) is 0. The van der Waals surface area contributed by atoms with Crippen LogP contribution in [0.3, 0.4) is 0 Å². The van der Waals surface area contributed by atoms with Crippen molar-refractivity contribution in [3.8, 4) is 0 Å². The molecule has 0 atom stereocenters. The molecule has 0 spiro atoms. The monoisotopic (exact) mass is 154 g/mol. The van der Waals surface area contributed by atoms with Crippen LogP contribution in [-0.4, -0.2) is 15.4 Å². The summed E-state index contributed by atoms with van der Waals surface area (Å²) < 4.78 is 0. The van der Waals surface area contributed by atoms with Crippen molar-refractivity contribution < 1.29 is 30.9 Å². The normalized spacial score (nSPS) is 5.00. The van der Waals surface area contributed by atoms with Crippen molar-refractivity contribution in [2.75, 3.05) is 0 Å². The molecule has 0 aliphatic carbocycles. The van der Waals surface area contributed by atoms with E-state index in [1.165, 1.54) is 8.80 Å². The molecule has 0 aromatic rings. The van der Waals surface area contributed by atoms with E-state index in [2.05, 4.69) is 6.62 Å². The third-order valence-corrected chi connectivity index (χ3v) is 0. The standard InChI is InChI=1S/BH2.Cr.Ni.H3Si/h1H2;;;1H3/q+1;-1;;. The van der Waals surface area contributed by atoms with Gasteiger partial charge in [0.15, 0.2) is 0 Å². The molecule has 4 heavy (non-hydrogen) atoms. The van der Waals surface area contributed by atoms with Crippen molar-refractivity contribution in [2.24, 2.45) is 0 Å². The van der Waals surface area contributed by atoms with Gasteiger partial charge in [-0.15, -0.1) is 0 Å². The molecule has 0 radical (unpaired) electrons. The second kappa shape index (κ2) is 8.85. The van der Waals surface area contributed by atoms with Gasteiger partial charge in [-0.2, -0.15) is 0 Å². The van der Waals surface area contributed by atoms with Crippen LogP contribution in [0.1, 0.15) is 0 Å². The summed E-state index contributed by atoms with van der Waals surface area (Å²) in [6.45, 7) is 2.25. The third kappa shape index (κ3) is 10.3. The van der Waals surface area contributed by atoms with Gasteiger partial charge in [0.2, 0.25) is 0 Å². The fourth-order valence-electron chi connectivity index (χ4n) is 0. The van der Waals surface area contributed by atoms with Gasteiger partial charge in [-0.25, -0.2) is 0 Å². The van der Waals surface area contributed by atoms with Crippen LogP contribution in [0.5, 0.6) is 0 Å². The molecule has 0 aliphatic rings.